The number of aryl methyl sites for hydroxylation is 1. The number of thiazole rings is 1. The molecule has 5 heteroatoms. The number of nitrogens with zero attached hydrogens (tertiary/aromatic N) is 1. The highest BCUT2D eigenvalue weighted by molar-refractivity contribution is 7.11. The number of ether oxygens (including phenoxy) is 1. The molecule has 2 heterocycles. The van der Waals surface area contributed by atoms with Gasteiger partial charge in [-0.25, -0.2) is 4.98 Å². The zero-order valence-corrected chi connectivity index (χ0v) is 25.5. The van der Waals surface area contributed by atoms with Crippen LogP contribution >= 0.6 is 11.3 Å². The van der Waals surface area contributed by atoms with Gasteiger partial charge in [0.1, 0.15) is 5.78 Å². The number of aromatic nitrogens is 1. The number of carbonyl (C=O) groups excluding carboxylic acids is 1. The summed E-state index contributed by atoms with van der Waals surface area (Å²) >= 11 is 1.82. The Kier molecular flexibility index (Phi) is 5.50. The second-order valence-corrected chi connectivity index (χ2v) is 17.2. The Morgan fingerprint density at radius 1 is 0.973 bits per heavy atom. The number of ketones is 1. The monoisotopic (exact) mass is 527 g/mol. The van der Waals surface area contributed by atoms with Crippen molar-refractivity contribution in [1.29, 1.82) is 0 Å². The Balaban J connectivity index is 1.43. The Hall–Kier alpha value is -0.780. The van der Waals surface area contributed by atoms with Crippen molar-refractivity contribution in [2.45, 2.75) is 136 Å². The summed E-state index contributed by atoms with van der Waals surface area (Å²) in [5.41, 5.74) is 0.189. The molecule has 206 valence electrons. The lowest BCUT2D eigenvalue weighted by atomic mass is 9.35. The summed E-state index contributed by atoms with van der Waals surface area (Å²) in [5.74, 6) is 1.21. The summed E-state index contributed by atoms with van der Waals surface area (Å²) in [5, 5.41) is 13.2. The van der Waals surface area contributed by atoms with Gasteiger partial charge in [-0.2, -0.15) is 0 Å². The van der Waals surface area contributed by atoms with Crippen LogP contribution in [0.2, 0.25) is 0 Å². The SMILES string of the molecule is Cc1nc2c(s1)C[C@]1(C)[C@H]3C[C@@H](O)[C@@H]4[C@@H]([C@@]5(C)CCCC(C)(C)O5)CC[C@@]4(C)[C@]3(C)CC(=O)[C@H]1C2(C)C. The molecule has 0 aromatic carbocycles. The molecule has 37 heavy (non-hydrogen) atoms. The topological polar surface area (TPSA) is 59.4 Å². The minimum atomic E-state index is -0.348. The lowest BCUT2D eigenvalue weighted by molar-refractivity contribution is -0.239. The maximum Gasteiger partial charge on any atom is 0.138 e. The van der Waals surface area contributed by atoms with Crippen LogP contribution in [-0.4, -0.2) is 33.2 Å². The van der Waals surface area contributed by atoms with E-state index in [1.807, 2.05) is 11.3 Å². The molecule has 1 aliphatic heterocycles. The first kappa shape index (κ1) is 26.4. The molecule has 4 fully saturated rings. The number of carbonyl (C=O) groups is 1. The van der Waals surface area contributed by atoms with E-state index < -0.39 is 0 Å². The zero-order valence-electron chi connectivity index (χ0n) is 24.7. The van der Waals surface area contributed by atoms with Gasteiger partial charge in [0.25, 0.3) is 0 Å². The standard InChI is InChI=1S/C32H49NO3S/c1-18-33-26-22(37-18)17-29(6)23-15-20(34)24-19(32(9)13-10-12-27(2,3)36-32)11-14-30(24,7)31(23,8)16-21(35)25(29)28(26,4)5/h19-20,23-25,34H,10-17H2,1-9H3/t19-,20+,23+,24-,25-,29+,30+,31+,32+/m0/s1. The highest BCUT2D eigenvalue weighted by Gasteiger charge is 2.73. The Labute approximate surface area is 228 Å². The van der Waals surface area contributed by atoms with Crippen molar-refractivity contribution >= 4 is 17.1 Å². The fourth-order valence-electron chi connectivity index (χ4n) is 11.6. The van der Waals surface area contributed by atoms with Gasteiger partial charge in [0.15, 0.2) is 0 Å². The third kappa shape index (κ3) is 3.32. The minimum absolute atomic E-state index is 0.0448. The molecule has 0 bridgehead atoms. The van der Waals surface area contributed by atoms with Gasteiger partial charge in [-0.15, -0.1) is 11.3 Å². The lowest BCUT2D eigenvalue weighted by Crippen LogP contribution is -2.68. The fraction of sp³-hybridized carbons (Fsp3) is 0.875. The van der Waals surface area contributed by atoms with Crippen molar-refractivity contribution in [2.24, 2.45) is 39.9 Å². The van der Waals surface area contributed by atoms with Crippen LogP contribution < -0.4 is 0 Å². The Morgan fingerprint density at radius 2 is 1.68 bits per heavy atom. The second kappa shape index (κ2) is 7.69. The number of hydrogen-bond donors (Lipinski definition) is 1. The van der Waals surface area contributed by atoms with E-state index in [-0.39, 0.29) is 50.8 Å². The van der Waals surface area contributed by atoms with Gasteiger partial charge in [-0.3, -0.25) is 4.79 Å². The van der Waals surface area contributed by atoms with E-state index in [1.165, 1.54) is 11.3 Å². The van der Waals surface area contributed by atoms with E-state index in [2.05, 4.69) is 62.3 Å². The second-order valence-electron chi connectivity index (χ2n) is 15.9. The van der Waals surface area contributed by atoms with Gasteiger partial charge in [-0.1, -0.05) is 34.6 Å². The molecule has 6 rings (SSSR count). The molecule has 1 aromatic rings. The molecule has 5 aliphatic rings. The highest BCUT2D eigenvalue weighted by Crippen LogP contribution is 2.75. The van der Waals surface area contributed by atoms with Crippen molar-refractivity contribution in [3.05, 3.63) is 15.6 Å². The molecule has 0 unspecified atom stereocenters. The predicted octanol–water partition coefficient (Wildman–Crippen LogP) is 7.04. The number of aliphatic hydroxyl groups excluding tert-OH is 1. The van der Waals surface area contributed by atoms with Crippen molar-refractivity contribution in [2.75, 3.05) is 0 Å². The van der Waals surface area contributed by atoms with Gasteiger partial charge in [0, 0.05) is 22.6 Å². The molecule has 4 aliphatic carbocycles. The van der Waals surface area contributed by atoms with Gasteiger partial charge >= 0.3 is 0 Å². The van der Waals surface area contributed by atoms with Crippen molar-refractivity contribution in [1.82, 2.24) is 4.98 Å². The average Bonchev–Trinajstić information content (AvgIpc) is 3.30. The largest absolute Gasteiger partial charge is 0.393 e. The number of fused-ring (bicyclic) bond motifs is 6. The Morgan fingerprint density at radius 3 is 2.35 bits per heavy atom. The first-order valence-electron chi connectivity index (χ1n) is 14.9. The maximum atomic E-state index is 14.4. The maximum absolute atomic E-state index is 14.4. The van der Waals surface area contributed by atoms with Gasteiger partial charge in [-0.05, 0) is 107 Å². The summed E-state index contributed by atoms with van der Waals surface area (Å²) in [6, 6.07) is 0. The molecule has 1 saturated heterocycles. The third-order valence-corrected chi connectivity index (χ3v) is 13.8. The summed E-state index contributed by atoms with van der Waals surface area (Å²) in [4.78, 5) is 20.7. The van der Waals surface area contributed by atoms with Crippen molar-refractivity contribution < 1.29 is 14.6 Å². The predicted molar refractivity (Wildman–Crippen MR) is 149 cm³/mol. The summed E-state index contributed by atoms with van der Waals surface area (Å²) in [7, 11) is 0. The van der Waals surface area contributed by atoms with E-state index in [9.17, 15) is 9.90 Å². The number of hydrogen-bond acceptors (Lipinski definition) is 5. The highest BCUT2D eigenvalue weighted by atomic mass is 32.1. The van der Waals surface area contributed by atoms with Crippen LogP contribution in [0.3, 0.4) is 0 Å². The van der Waals surface area contributed by atoms with Crippen molar-refractivity contribution in [3.63, 3.8) is 0 Å². The summed E-state index contributed by atoms with van der Waals surface area (Å²) in [6.45, 7) is 20.7. The number of Topliss-reactive ketones (excluding diaryl/α,β-unsaturated/α-hetero) is 1. The number of rotatable bonds is 1. The van der Waals surface area contributed by atoms with Crippen LogP contribution in [0.15, 0.2) is 0 Å². The van der Waals surface area contributed by atoms with Crippen LogP contribution in [0.1, 0.15) is 116 Å². The van der Waals surface area contributed by atoms with E-state index in [0.717, 1.165) is 49.2 Å². The first-order valence-corrected chi connectivity index (χ1v) is 15.7. The smallest absolute Gasteiger partial charge is 0.138 e. The van der Waals surface area contributed by atoms with Crippen LogP contribution in [0, 0.1) is 46.8 Å². The quantitative estimate of drug-likeness (QED) is 0.426. The molecular weight excluding hydrogens is 478 g/mol. The average molecular weight is 528 g/mol. The molecule has 9 atom stereocenters. The van der Waals surface area contributed by atoms with Crippen LogP contribution in [0.5, 0.6) is 0 Å². The molecule has 0 radical (unpaired) electrons. The van der Waals surface area contributed by atoms with Gasteiger partial charge < -0.3 is 9.84 Å². The van der Waals surface area contributed by atoms with Crippen LogP contribution in [0.25, 0.3) is 0 Å². The number of aliphatic hydroxyl groups is 1. The van der Waals surface area contributed by atoms with Gasteiger partial charge in [0.05, 0.1) is 28.0 Å². The van der Waals surface area contributed by atoms with E-state index in [4.69, 9.17) is 9.72 Å². The minimum Gasteiger partial charge on any atom is -0.393 e. The van der Waals surface area contributed by atoms with E-state index in [1.54, 1.807) is 0 Å². The molecule has 4 nitrogen and oxygen atoms in total. The molecule has 1 N–H and O–H groups in total. The summed E-state index contributed by atoms with van der Waals surface area (Å²) < 4.78 is 6.87. The molecular formula is C32H49NO3S. The molecule has 0 spiro atoms. The van der Waals surface area contributed by atoms with Crippen molar-refractivity contribution in [3.8, 4) is 0 Å². The lowest BCUT2D eigenvalue weighted by Gasteiger charge is -2.69. The Bertz CT molecular complexity index is 1140. The normalized spacial score (nSPS) is 50.1. The van der Waals surface area contributed by atoms with Gasteiger partial charge in [0.2, 0.25) is 0 Å². The fourth-order valence-corrected chi connectivity index (χ4v) is 12.9. The first-order chi connectivity index (χ1) is 17.0. The zero-order chi connectivity index (χ0) is 27.0. The van der Waals surface area contributed by atoms with Crippen LogP contribution in [0.4, 0.5) is 0 Å². The summed E-state index contributed by atoms with van der Waals surface area (Å²) in [6.07, 6.45) is 7.52. The third-order valence-electron chi connectivity index (χ3n) is 12.9. The van der Waals surface area contributed by atoms with Crippen LogP contribution in [-0.2, 0) is 21.4 Å². The van der Waals surface area contributed by atoms with E-state index >= 15 is 0 Å². The molecule has 1 aromatic heterocycles. The molecule has 0 amide bonds. The van der Waals surface area contributed by atoms with E-state index in [0.29, 0.717) is 24.0 Å². The molecule has 3 saturated carbocycles.